The van der Waals surface area contributed by atoms with Gasteiger partial charge in [-0.05, 0) is 12.1 Å². The van der Waals surface area contributed by atoms with Crippen molar-refractivity contribution in [2.75, 3.05) is 5.43 Å². The van der Waals surface area contributed by atoms with E-state index in [1.54, 1.807) is 5.43 Å². The summed E-state index contributed by atoms with van der Waals surface area (Å²) in [5.74, 6) is -3.18. The van der Waals surface area contributed by atoms with Gasteiger partial charge in [-0.3, -0.25) is 10.2 Å². The Bertz CT molecular complexity index is 565. The maximum Gasteiger partial charge on any atom is 0.471 e. The molecule has 0 spiro atoms. The van der Waals surface area contributed by atoms with Crippen molar-refractivity contribution in [3.63, 3.8) is 0 Å². The molecular weight excluding hydrogens is 322 g/mol. The molecule has 1 aromatic rings. The Morgan fingerprint density at radius 3 is 2.43 bits per heavy atom. The van der Waals surface area contributed by atoms with Crippen molar-refractivity contribution >= 4 is 29.3 Å². The lowest BCUT2D eigenvalue weighted by Crippen LogP contribution is -2.36. The Morgan fingerprint density at radius 1 is 1.29 bits per heavy atom. The fourth-order valence-corrected chi connectivity index (χ4v) is 1.42. The van der Waals surface area contributed by atoms with Crippen LogP contribution in [0.15, 0.2) is 12.1 Å². The number of rotatable bonds is 4. The molecule has 2 amide bonds. The number of carbonyl (C=O) groups excluding carboxylic acids is 1. The molecule has 21 heavy (non-hydrogen) atoms. The molecular formula is C10H8ClF4N3O3. The third-order valence-electron chi connectivity index (χ3n) is 2.14. The van der Waals surface area contributed by atoms with E-state index in [9.17, 15) is 27.2 Å². The molecule has 11 heteroatoms. The summed E-state index contributed by atoms with van der Waals surface area (Å²) in [6, 6.07) is 1.73. The van der Waals surface area contributed by atoms with Crippen LogP contribution in [0.25, 0.3) is 0 Å². The van der Waals surface area contributed by atoms with Crippen molar-refractivity contribution in [1.29, 1.82) is 0 Å². The summed E-state index contributed by atoms with van der Waals surface area (Å²) in [6.45, 7) is -0.747. The minimum absolute atomic E-state index is 0.0864. The van der Waals surface area contributed by atoms with E-state index >= 15 is 0 Å². The maximum atomic E-state index is 13.5. The zero-order valence-corrected chi connectivity index (χ0v) is 10.8. The molecule has 116 valence electrons. The first-order chi connectivity index (χ1) is 9.61. The predicted octanol–water partition coefficient (Wildman–Crippen LogP) is 2.25. The zero-order valence-electron chi connectivity index (χ0n) is 10.0. The summed E-state index contributed by atoms with van der Waals surface area (Å²) in [7, 11) is 0. The Hall–Kier alpha value is -2.23. The molecule has 1 rings (SSSR count). The second kappa shape index (κ2) is 6.48. The first kappa shape index (κ1) is 16.8. The smallest absolute Gasteiger partial charge is 0.464 e. The topological polar surface area (TPSA) is 90.5 Å². The highest BCUT2D eigenvalue weighted by Crippen LogP contribution is 2.25. The van der Waals surface area contributed by atoms with Gasteiger partial charge in [0.15, 0.2) is 0 Å². The second-order valence-electron chi connectivity index (χ2n) is 3.66. The van der Waals surface area contributed by atoms with E-state index in [1.165, 1.54) is 5.32 Å². The highest BCUT2D eigenvalue weighted by molar-refractivity contribution is 6.33. The van der Waals surface area contributed by atoms with Crippen LogP contribution < -0.4 is 16.2 Å². The molecule has 0 unspecified atom stereocenters. The zero-order chi connectivity index (χ0) is 16.2. The number of carbonyl (C=O) groups is 2. The molecule has 4 N–H and O–H groups in total. The molecule has 0 aliphatic heterocycles. The van der Waals surface area contributed by atoms with Gasteiger partial charge in [-0.2, -0.15) is 13.2 Å². The van der Waals surface area contributed by atoms with Crippen LogP contribution in [0, 0.1) is 5.82 Å². The van der Waals surface area contributed by atoms with Crippen LogP contribution in [0.2, 0.25) is 5.02 Å². The van der Waals surface area contributed by atoms with Crippen molar-refractivity contribution in [3.8, 4) is 0 Å². The third kappa shape index (κ3) is 4.99. The lowest BCUT2D eigenvalue weighted by molar-refractivity contribution is -0.173. The molecule has 0 fully saturated rings. The van der Waals surface area contributed by atoms with Crippen LogP contribution in [-0.4, -0.2) is 23.3 Å². The number of halogens is 5. The second-order valence-corrected chi connectivity index (χ2v) is 4.07. The summed E-state index contributed by atoms with van der Waals surface area (Å²) in [6.07, 6.45) is -6.54. The molecule has 0 radical (unpaired) electrons. The Labute approximate surface area is 120 Å². The van der Waals surface area contributed by atoms with Crippen molar-refractivity contribution in [1.82, 2.24) is 10.7 Å². The van der Waals surface area contributed by atoms with Crippen LogP contribution in [0.1, 0.15) is 5.56 Å². The number of hydrogen-bond acceptors (Lipinski definition) is 3. The van der Waals surface area contributed by atoms with Crippen LogP contribution in [-0.2, 0) is 11.3 Å². The summed E-state index contributed by atoms with van der Waals surface area (Å²) in [5, 5.41) is 9.66. The van der Waals surface area contributed by atoms with E-state index in [4.69, 9.17) is 16.7 Å². The van der Waals surface area contributed by atoms with Gasteiger partial charge < -0.3 is 10.4 Å². The quantitative estimate of drug-likeness (QED) is 0.504. The monoisotopic (exact) mass is 329 g/mol. The average molecular weight is 330 g/mol. The highest BCUT2D eigenvalue weighted by Gasteiger charge is 2.38. The minimum atomic E-state index is -5.09. The third-order valence-corrected chi connectivity index (χ3v) is 2.45. The Balaban J connectivity index is 2.85. The van der Waals surface area contributed by atoms with Crippen molar-refractivity contribution < 1.29 is 32.3 Å². The normalized spacial score (nSPS) is 10.9. The molecule has 0 aromatic heterocycles. The van der Waals surface area contributed by atoms with Crippen LogP contribution in [0.3, 0.4) is 0 Å². The number of nitrogens with one attached hydrogen (secondary N) is 3. The number of alkyl halides is 3. The molecule has 0 saturated heterocycles. The average Bonchev–Trinajstić information content (AvgIpc) is 2.34. The van der Waals surface area contributed by atoms with Gasteiger partial charge in [-0.15, -0.1) is 0 Å². The van der Waals surface area contributed by atoms with Crippen LogP contribution in [0.4, 0.5) is 28.0 Å². The number of benzene rings is 1. The van der Waals surface area contributed by atoms with Gasteiger partial charge in [0.25, 0.3) is 0 Å². The van der Waals surface area contributed by atoms with E-state index in [0.29, 0.717) is 0 Å². The van der Waals surface area contributed by atoms with Crippen LogP contribution >= 0.6 is 11.6 Å². The highest BCUT2D eigenvalue weighted by atomic mass is 35.5. The van der Waals surface area contributed by atoms with Gasteiger partial charge in [0.1, 0.15) is 5.82 Å². The molecule has 0 bridgehead atoms. The minimum Gasteiger partial charge on any atom is -0.464 e. The number of hydrazine groups is 1. The summed E-state index contributed by atoms with van der Waals surface area (Å²) < 4.78 is 49.5. The maximum absolute atomic E-state index is 13.5. The van der Waals surface area contributed by atoms with Gasteiger partial charge >= 0.3 is 18.2 Å². The lowest BCUT2D eigenvalue weighted by Gasteiger charge is -2.12. The van der Waals surface area contributed by atoms with Gasteiger partial charge in [0.05, 0.1) is 10.7 Å². The Kier molecular flexibility index (Phi) is 5.19. The number of hydrogen-bond donors (Lipinski definition) is 4. The SMILES string of the molecule is O=C(O)NNc1cc(CNC(=O)C(F)(F)F)c(F)cc1Cl. The van der Waals surface area contributed by atoms with Gasteiger partial charge in [-0.25, -0.2) is 14.6 Å². The van der Waals surface area contributed by atoms with Gasteiger partial charge in [-0.1, -0.05) is 11.6 Å². The summed E-state index contributed by atoms with van der Waals surface area (Å²) in [5.41, 5.74) is 3.45. The fraction of sp³-hybridized carbons (Fsp3) is 0.200. The van der Waals surface area contributed by atoms with Crippen molar-refractivity contribution in [2.45, 2.75) is 12.7 Å². The first-order valence-corrected chi connectivity index (χ1v) is 5.57. The van der Waals surface area contributed by atoms with Crippen molar-refractivity contribution in [3.05, 3.63) is 28.5 Å². The van der Waals surface area contributed by atoms with E-state index in [0.717, 1.165) is 12.1 Å². The molecule has 0 aliphatic rings. The van der Waals surface area contributed by atoms with E-state index in [1.807, 2.05) is 0 Å². The van der Waals surface area contributed by atoms with Crippen LogP contribution in [0.5, 0.6) is 0 Å². The standard InChI is InChI=1S/C10H8ClF4N3O3/c11-5-2-6(12)4(1-7(5)17-18-9(20)21)3-16-8(19)10(13,14)15/h1-2,17-18H,3H2,(H,16,19)(H,20,21). The largest absolute Gasteiger partial charge is 0.471 e. The fourth-order valence-electron chi connectivity index (χ4n) is 1.22. The number of amides is 2. The predicted molar refractivity (Wildman–Crippen MR) is 64.1 cm³/mol. The van der Waals surface area contributed by atoms with Gasteiger partial charge in [0.2, 0.25) is 0 Å². The molecule has 0 aliphatic carbocycles. The lowest BCUT2D eigenvalue weighted by atomic mass is 10.2. The van der Waals surface area contributed by atoms with E-state index in [2.05, 4.69) is 5.43 Å². The summed E-state index contributed by atoms with van der Waals surface area (Å²) in [4.78, 5) is 20.9. The Morgan fingerprint density at radius 2 is 1.90 bits per heavy atom. The molecule has 6 nitrogen and oxygen atoms in total. The van der Waals surface area contributed by atoms with Crippen molar-refractivity contribution in [2.24, 2.45) is 0 Å². The molecule has 0 atom stereocenters. The molecule has 1 aromatic carbocycles. The van der Waals surface area contributed by atoms with E-state index in [-0.39, 0.29) is 16.3 Å². The van der Waals surface area contributed by atoms with E-state index < -0.39 is 30.5 Å². The molecule has 0 saturated carbocycles. The van der Waals surface area contributed by atoms with Gasteiger partial charge in [0, 0.05) is 12.1 Å². The first-order valence-electron chi connectivity index (χ1n) is 5.19. The molecule has 0 heterocycles. The number of anilines is 1. The summed E-state index contributed by atoms with van der Waals surface area (Å²) >= 11 is 5.62. The number of carboxylic acid groups (broad SMARTS) is 1.